The van der Waals surface area contributed by atoms with Crippen molar-refractivity contribution in [1.29, 1.82) is 0 Å². The minimum atomic E-state index is -0.0240. The minimum absolute atomic E-state index is 0.0196. The Kier molecular flexibility index (Phi) is 3.19. The molecule has 1 amide bonds. The average molecular weight is 220 g/mol. The quantitative estimate of drug-likeness (QED) is 0.808. The number of rotatable bonds is 2. The van der Waals surface area contributed by atoms with Gasteiger partial charge in [0.1, 0.15) is 0 Å². The molecule has 16 heavy (non-hydrogen) atoms. The van der Waals surface area contributed by atoms with Crippen molar-refractivity contribution in [3.05, 3.63) is 29.6 Å². The molecule has 86 valence electrons. The number of aryl methyl sites for hydroxylation is 1. The normalized spacial score (nSPS) is 20.1. The van der Waals surface area contributed by atoms with Crippen LogP contribution in [0.3, 0.4) is 0 Å². The number of carbonyl (C=O) groups is 1. The van der Waals surface area contributed by atoms with Crippen molar-refractivity contribution < 1.29 is 9.90 Å². The first-order valence-corrected chi connectivity index (χ1v) is 5.57. The molecule has 1 aromatic rings. The van der Waals surface area contributed by atoms with Crippen LogP contribution in [0.5, 0.6) is 0 Å². The largest absolute Gasteiger partial charge is 0.394 e. The molecule has 1 aromatic heterocycles. The first-order valence-electron chi connectivity index (χ1n) is 5.57. The molecular weight excluding hydrogens is 204 g/mol. The summed E-state index contributed by atoms with van der Waals surface area (Å²) in [4.78, 5) is 18.0. The second kappa shape index (κ2) is 4.61. The molecule has 1 unspecified atom stereocenters. The zero-order chi connectivity index (χ0) is 11.5. The third kappa shape index (κ3) is 2.07. The van der Waals surface area contributed by atoms with Gasteiger partial charge in [-0.2, -0.15) is 0 Å². The molecule has 1 aliphatic heterocycles. The van der Waals surface area contributed by atoms with Crippen LogP contribution < -0.4 is 0 Å². The summed E-state index contributed by atoms with van der Waals surface area (Å²) in [7, 11) is 0. The number of aliphatic hydroxyl groups is 1. The fourth-order valence-corrected chi connectivity index (χ4v) is 2.05. The zero-order valence-corrected chi connectivity index (χ0v) is 9.39. The number of amides is 1. The molecule has 0 bridgehead atoms. The number of aromatic nitrogens is 1. The fourth-order valence-electron chi connectivity index (χ4n) is 2.05. The van der Waals surface area contributed by atoms with Gasteiger partial charge in [0.05, 0.1) is 18.2 Å². The minimum Gasteiger partial charge on any atom is -0.394 e. The van der Waals surface area contributed by atoms with Crippen LogP contribution in [0, 0.1) is 6.92 Å². The monoisotopic (exact) mass is 220 g/mol. The second-order valence-electron chi connectivity index (χ2n) is 4.17. The molecule has 4 nitrogen and oxygen atoms in total. The average Bonchev–Trinajstić information content (AvgIpc) is 2.77. The lowest BCUT2D eigenvalue weighted by Gasteiger charge is -2.22. The summed E-state index contributed by atoms with van der Waals surface area (Å²) in [6, 6.07) is 3.60. The first kappa shape index (κ1) is 11.1. The van der Waals surface area contributed by atoms with Gasteiger partial charge in [0.2, 0.25) is 0 Å². The highest BCUT2D eigenvalue weighted by molar-refractivity contribution is 5.94. The molecule has 1 saturated heterocycles. The SMILES string of the molecule is Cc1ccc(C(=O)N2CCCC2CO)cn1. The molecule has 2 rings (SSSR count). The number of nitrogens with zero attached hydrogens (tertiary/aromatic N) is 2. The van der Waals surface area contributed by atoms with Gasteiger partial charge in [0.15, 0.2) is 0 Å². The van der Waals surface area contributed by atoms with Crippen LogP contribution in [0.4, 0.5) is 0 Å². The Bertz CT molecular complexity index is 375. The number of hydrogen-bond donors (Lipinski definition) is 1. The molecule has 0 saturated carbocycles. The Morgan fingerprint density at radius 3 is 3.06 bits per heavy atom. The van der Waals surface area contributed by atoms with E-state index in [9.17, 15) is 4.79 Å². The molecule has 0 aromatic carbocycles. The molecular formula is C12H16N2O2. The molecule has 1 N–H and O–H groups in total. The third-order valence-electron chi connectivity index (χ3n) is 3.01. The molecule has 2 heterocycles. The Balaban J connectivity index is 2.15. The van der Waals surface area contributed by atoms with Gasteiger partial charge < -0.3 is 10.0 Å². The van der Waals surface area contributed by atoms with Crippen LogP contribution in [0.1, 0.15) is 28.9 Å². The second-order valence-corrected chi connectivity index (χ2v) is 4.17. The lowest BCUT2D eigenvalue weighted by Crippen LogP contribution is -2.37. The number of carbonyl (C=O) groups excluding carboxylic acids is 1. The van der Waals surface area contributed by atoms with Crippen molar-refractivity contribution >= 4 is 5.91 Å². The van der Waals surface area contributed by atoms with Crippen LogP contribution in [-0.4, -0.2) is 40.1 Å². The fraction of sp³-hybridized carbons (Fsp3) is 0.500. The molecule has 1 aliphatic rings. The predicted octanol–water partition coefficient (Wildman–Crippen LogP) is 0.987. The van der Waals surface area contributed by atoms with E-state index < -0.39 is 0 Å². The summed E-state index contributed by atoms with van der Waals surface area (Å²) in [6.45, 7) is 2.67. The Hall–Kier alpha value is -1.42. The van der Waals surface area contributed by atoms with Crippen LogP contribution >= 0.6 is 0 Å². The van der Waals surface area contributed by atoms with E-state index in [-0.39, 0.29) is 18.6 Å². The van der Waals surface area contributed by atoms with Crippen LogP contribution in [0.15, 0.2) is 18.3 Å². The highest BCUT2D eigenvalue weighted by Crippen LogP contribution is 2.19. The summed E-state index contributed by atoms with van der Waals surface area (Å²) in [5.41, 5.74) is 1.50. The van der Waals surface area contributed by atoms with E-state index in [4.69, 9.17) is 5.11 Å². The Morgan fingerprint density at radius 1 is 1.62 bits per heavy atom. The summed E-state index contributed by atoms with van der Waals surface area (Å²) in [5.74, 6) is -0.0240. The van der Waals surface area contributed by atoms with Crippen LogP contribution in [0.2, 0.25) is 0 Å². The van der Waals surface area contributed by atoms with E-state index in [1.165, 1.54) is 0 Å². The summed E-state index contributed by atoms with van der Waals surface area (Å²) in [6.07, 6.45) is 3.46. The van der Waals surface area contributed by atoms with Gasteiger partial charge in [0, 0.05) is 18.4 Å². The standard InChI is InChI=1S/C12H16N2O2/c1-9-4-5-10(7-13-9)12(16)14-6-2-3-11(14)8-15/h4-5,7,11,15H,2-3,6,8H2,1H3. The molecule has 1 fully saturated rings. The van der Waals surface area contributed by atoms with Gasteiger partial charge in [-0.15, -0.1) is 0 Å². The summed E-state index contributed by atoms with van der Waals surface area (Å²) in [5, 5.41) is 9.17. The predicted molar refractivity (Wildman–Crippen MR) is 60.1 cm³/mol. The van der Waals surface area contributed by atoms with Crippen molar-refractivity contribution in [3.8, 4) is 0 Å². The highest BCUT2D eigenvalue weighted by atomic mass is 16.3. The topological polar surface area (TPSA) is 53.4 Å². The highest BCUT2D eigenvalue weighted by Gasteiger charge is 2.28. The van der Waals surface area contributed by atoms with Gasteiger partial charge in [-0.05, 0) is 31.9 Å². The third-order valence-corrected chi connectivity index (χ3v) is 3.01. The van der Waals surface area contributed by atoms with E-state index in [0.717, 1.165) is 25.1 Å². The molecule has 4 heteroatoms. The van der Waals surface area contributed by atoms with Gasteiger partial charge in [-0.25, -0.2) is 0 Å². The first-order chi connectivity index (χ1) is 7.72. The van der Waals surface area contributed by atoms with Crippen molar-refractivity contribution in [1.82, 2.24) is 9.88 Å². The molecule has 1 atom stereocenters. The van der Waals surface area contributed by atoms with Crippen LogP contribution in [0.25, 0.3) is 0 Å². The van der Waals surface area contributed by atoms with Gasteiger partial charge >= 0.3 is 0 Å². The van der Waals surface area contributed by atoms with Gasteiger partial charge in [-0.3, -0.25) is 9.78 Å². The van der Waals surface area contributed by atoms with Crippen molar-refractivity contribution in [2.24, 2.45) is 0 Å². The van der Waals surface area contributed by atoms with Crippen LogP contribution in [-0.2, 0) is 0 Å². The number of hydrogen-bond acceptors (Lipinski definition) is 3. The number of pyridine rings is 1. The maximum Gasteiger partial charge on any atom is 0.255 e. The number of likely N-dealkylation sites (tertiary alicyclic amines) is 1. The molecule has 0 radical (unpaired) electrons. The zero-order valence-electron chi connectivity index (χ0n) is 9.39. The molecule has 0 aliphatic carbocycles. The van der Waals surface area contributed by atoms with Crippen molar-refractivity contribution in [2.45, 2.75) is 25.8 Å². The van der Waals surface area contributed by atoms with Crippen molar-refractivity contribution in [2.75, 3.05) is 13.2 Å². The summed E-state index contributed by atoms with van der Waals surface area (Å²) < 4.78 is 0. The van der Waals surface area contributed by atoms with E-state index in [2.05, 4.69) is 4.98 Å². The summed E-state index contributed by atoms with van der Waals surface area (Å²) >= 11 is 0. The lowest BCUT2D eigenvalue weighted by atomic mass is 10.2. The van der Waals surface area contributed by atoms with E-state index in [0.29, 0.717) is 5.56 Å². The molecule has 0 spiro atoms. The smallest absolute Gasteiger partial charge is 0.255 e. The van der Waals surface area contributed by atoms with E-state index >= 15 is 0 Å². The maximum absolute atomic E-state index is 12.1. The van der Waals surface area contributed by atoms with E-state index in [1.54, 1.807) is 17.2 Å². The number of aliphatic hydroxyl groups excluding tert-OH is 1. The van der Waals surface area contributed by atoms with E-state index in [1.807, 2.05) is 13.0 Å². The maximum atomic E-state index is 12.1. The Morgan fingerprint density at radius 2 is 2.44 bits per heavy atom. The van der Waals surface area contributed by atoms with Gasteiger partial charge in [-0.1, -0.05) is 0 Å². The van der Waals surface area contributed by atoms with Crippen molar-refractivity contribution in [3.63, 3.8) is 0 Å². The van der Waals surface area contributed by atoms with Gasteiger partial charge in [0.25, 0.3) is 5.91 Å². The Labute approximate surface area is 94.9 Å². The lowest BCUT2D eigenvalue weighted by molar-refractivity contribution is 0.0677.